The molecule has 0 aromatic carbocycles. The smallest absolute Gasteiger partial charge is 0.224 e. The zero-order valence-corrected chi connectivity index (χ0v) is 11.7. The maximum absolute atomic E-state index is 12.1. The predicted molar refractivity (Wildman–Crippen MR) is 75.3 cm³/mol. The van der Waals surface area contributed by atoms with Gasteiger partial charge in [-0.15, -0.1) is 11.3 Å². The molecule has 2 N–H and O–H groups in total. The number of rotatable bonds is 4. The molecule has 3 heterocycles. The molecule has 3 rings (SSSR count). The lowest BCUT2D eigenvalue weighted by atomic mass is 9.91. The Labute approximate surface area is 117 Å². The summed E-state index contributed by atoms with van der Waals surface area (Å²) in [4.78, 5) is 13.4. The fourth-order valence-electron chi connectivity index (χ4n) is 2.88. The molecule has 104 valence electrons. The first-order valence-corrected chi connectivity index (χ1v) is 7.86. The highest BCUT2D eigenvalue weighted by molar-refractivity contribution is 7.09. The molecule has 2 fully saturated rings. The van der Waals surface area contributed by atoms with E-state index in [2.05, 4.69) is 22.1 Å². The van der Waals surface area contributed by atoms with Crippen LogP contribution in [0.5, 0.6) is 0 Å². The average Bonchev–Trinajstić information content (AvgIpc) is 3.08. The fraction of sp³-hybridized carbons (Fsp3) is 0.643. The standard InChI is InChI=1S/C14H20N2O2S/c17-14(15-5-3-11-2-1-7-19-11)10-8-13-12(16-9-10)4-6-18-13/h1-2,7,10,12-13,16H,3-6,8-9H2,(H,15,17)/t10-,12+,13+/m0/s1. The number of nitrogens with one attached hydrogen (secondary N) is 2. The number of fused-ring (bicyclic) bond motifs is 1. The van der Waals surface area contributed by atoms with Crippen LogP contribution in [0.3, 0.4) is 0 Å². The van der Waals surface area contributed by atoms with E-state index in [1.165, 1.54) is 4.88 Å². The number of ether oxygens (including phenoxy) is 1. The highest BCUT2D eigenvalue weighted by atomic mass is 32.1. The molecule has 5 heteroatoms. The number of amides is 1. The van der Waals surface area contributed by atoms with Gasteiger partial charge in [-0.2, -0.15) is 0 Å². The fourth-order valence-corrected chi connectivity index (χ4v) is 3.59. The van der Waals surface area contributed by atoms with Gasteiger partial charge in [-0.3, -0.25) is 4.79 Å². The van der Waals surface area contributed by atoms with Gasteiger partial charge in [0.25, 0.3) is 0 Å². The topological polar surface area (TPSA) is 50.4 Å². The van der Waals surface area contributed by atoms with Crippen LogP contribution >= 0.6 is 11.3 Å². The Hall–Kier alpha value is -0.910. The van der Waals surface area contributed by atoms with E-state index in [9.17, 15) is 4.79 Å². The number of hydrogen-bond acceptors (Lipinski definition) is 4. The van der Waals surface area contributed by atoms with Crippen LogP contribution in [-0.2, 0) is 16.0 Å². The van der Waals surface area contributed by atoms with E-state index in [1.54, 1.807) is 11.3 Å². The average molecular weight is 280 g/mol. The predicted octanol–water partition coefficient (Wildman–Crippen LogP) is 1.17. The number of carbonyl (C=O) groups is 1. The van der Waals surface area contributed by atoms with E-state index < -0.39 is 0 Å². The molecule has 0 unspecified atom stereocenters. The Kier molecular flexibility index (Phi) is 4.15. The molecule has 0 aliphatic carbocycles. The minimum Gasteiger partial charge on any atom is -0.377 e. The van der Waals surface area contributed by atoms with Crippen LogP contribution in [0.2, 0.25) is 0 Å². The van der Waals surface area contributed by atoms with E-state index in [-0.39, 0.29) is 17.9 Å². The summed E-state index contributed by atoms with van der Waals surface area (Å²) in [5, 5.41) is 8.54. The van der Waals surface area contributed by atoms with Gasteiger partial charge in [0, 0.05) is 30.6 Å². The zero-order chi connectivity index (χ0) is 13.1. The molecule has 4 nitrogen and oxygen atoms in total. The summed E-state index contributed by atoms with van der Waals surface area (Å²) in [5.74, 6) is 0.223. The molecule has 0 bridgehead atoms. The minimum absolute atomic E-state index is 0.0580. The van der Waals surface area contributed by atoms with Crippen molar-refractivity contribution in [1.82, 2.24) is 10.6 Å². The molecule has 1 amide bonds. The zero-order valence-electron chi connectivity index (χ0n) is 10.9. The maximum atomic E-state index is 12.1. The second-order valence-electron chi connectivity index (χ2n) is 5.27. The van der Waals surface area contributed by atoms with E-state index in [1.807, 2.05) is 6.07 Å². The normalized spacial score (nSPS) is 30.0. The second kappa shape index (κ2) is 6.03. The van der Waals surface area contributed by atoms with Crippen molar-refractivity contribution in [2.24, 2.45) is 5.92 Å². The van der Waals surface area contributed by atoms with Gasteiger partial charge in [-0.25, -0.2) is 0 Å². The third-order valence-corrected chi connectivity index (χ3v) is 4.91. The summed E-state index contributed by atoms with van der Waals surface area (Å²) < 4.78 is 5.66. The highest BCUT2D eigenvalue weighted by Gasteiger charge is 2.36. The summed E-state index contributed by atoms with van der Waals surface area (Å²) >= 11 is 1.74. The Morgan fingerprint density at radius 2 is 2.53 bits per heavy atom. The van der Waals surface area contributed by atoms with Crippen molar-refractivity contribution in [3.63, 3.8) is 0 Å². The molecule has 2 saturated heterocycles. The molecular formula is C14H20N2O2S. The van der Waals surface area contributed by atoms with Gasteiger partial charge < -0.3 is 15.4 Å². The van der Waals surface area contributed by atoms with Crippen LogP contribution in [0.15, 0.2) is 17.5 Å². The van der Waals surface area contributed by atoms with Crippen molar-refractivity contribution in [3.05, 3.63) is 22.4 Å². The SMILES string of the molecule is O=C(NCCc1cccs1)[C@@H]1CN[C@@H]2CCO[C@@H]2C1. The Bertz CT molecular complexity index is 421. The first-order chi connectivity index (χ1) is 9.33. The van der Waals surface area contributed by atoms with Crippen molar-refractivity contribution in [3.8, 4) is 0 Å². The largest absolute Gasteiger partial charge is 0.377 e. The molecule has 0 spiro atoms. The van der Waals surface area contributed by atoms with Crippen molar-refractivity contribution in [2.45, 2.75) is 31.4 Å². The molecule has 0 radical (unpaired) electrons. The minimum atomic E-state index is 0.0580. The molecule has 1 aromatic heterocycles. The third kappa shape index (κ3) is 3.16. The van der Waals surface area contributed by atoms with Gasteiger partial charge in [0.05, 0.1) is 12.0 Å². The van der Waals surface area contributed by atoms with Crippen LogP contribution in [0, 0.1) is 5.92 Å². The third-order valence-electron chi connectivity index (χ3n) is 3.97. The van der Waals surface area contributed by atoms with Gasteiger partial charge in [-0.1, -0.05) is 6.07 Å². The van der Waals surface area contributed by atoms with Crippen molar-refractivity contribution in [1.29, 1.82) is 0 Å². The molecular weight excluding hydrogens is 260 g/mol. The van der Waals surface area contributed by atoms with Crippen LogP contribution in [0.4, 0.5) is 0 Å². The number of thiophene rings is 1. The summed E-state index contributed by atoms with van der Waals surface area (Å²) in [6, 6.07) is 4.62. The van der Waals surface area contributed by atoms with Crippen LogP contribution in [0.25, 0.3) is 0 Å². The second-order valence-corrected chi connectivity index (χ2v) is 6.30. The summed E-state index contributed by atoms with van der Waals surface area (Å²) in [6.45, 7) is 2.34. The number of carbonyl (C=O) groups excluding carboxylic acids is 1. The quantitative estimate of drug-likeness (QED) is 0.870. The summed E-state index contributed by atoms with van der Waals surface area (Å²) in [7, 11) is 0. The first-order valence-electron chi connectivity index (χ1n) is 6.98. The molecule has 1 aromatic rings. The Morgan fingerprint density at radius 1 is 1.58 bits per heavy atom. The first kappa shape index (κ1) is 13.1. The van der Waals surface area contributed by atoms with E-state index in [4.69, 9.17) is 4.74 Å². The number of hydrogen-bond donors (Lipinski definition) is 2. The van der Waals surface area contributed by atoms with Gasteiger partial charge in [0.1, 0.15) is 0 Å². The molecule has 3 atom stereocenters. The van der Waals surface area contributed by atoms with E-state index in [0.29, 0.717) is 6.04 Å². The summed E-state index contributed by atoms with van der Waals surface area (Å²) in [6.07, 6.45) is 3.10. The van der Waals surface area contributed by atoms with E-state index >= 15 is 0 Å². The van der Waals surface area contributed by atoms with Gasteiger partial charge >= 0.3 is 0 Å². The monoisotopic (exact) mass is 280 g/mol. The number of piperidine rings is 1. The lowest BCUT2D eigenvalue weighted by Gasteiger charge is -2.31. The molecule has 0 saturated carbocycles. The van der Waals surface area contributed by atoms with Crippen molar-refractivity contribution >= 4 is 17.2 Å². The lowest BCUT2D eigenvalue weighted by molar-refractivity contribution is -0.126. The van der Waals surface area contributed by atoms with Crippen molar-refractivity contribution < 1.29 is 9.53 Å². The van der Waals surface area contributed by atoms with Crippen LogP contribution in [0.1, 0.15) is 17.7 Å². The molecule has 2 aliphatic heterocycles. The maximum Gasteiger partial charge on any atom is 0.224 e. The Morgan fingerprint density at radius 3 is 3.37 bits per heavy atom. The molecule has 2 aliphatic rings. The molecule has 19 heavy (non-hydrogen) atoms. The van der Waals surface area contributed by atoms with Gasteiger partial charge in [0.2, 0.25) is 5.91 Å². The Balaban J connectivity index is 1.43. The lowest BCUT2D eigenvalue weighted by Crippen LogP contribution is -2.50. The van der Waals surface area contributed by atoms with Gasteiger partial charge in [-0.05, 0) is 30.7 Å². The van der Waals surface area contributed by atoms with Crippen LogP contribution < -0.4 is 10.6 Å². The van der Waals surface area contributed by atoms with Crippen LogP contribution in [-0.4, -0.2) is 37.7 Å². The highest BCUT2D eigenvalue weighted by Crippen LogP contribution is 2.25. The van der Waals surface area contributed by atoms with E-state index in [0.717, 1.165) is 39.0 Å². The van der Waals surface area contributed by atoms with Gasteiger partial charge in [0.15, 0.2) is 0 Å². The summed E-state index contributed by atoms with van der Waals surface area (Å²) in [5.41, 5.74) is 0. The van der Waals surface area contributed by atoms with Crippen molar-refractivity contribution in [2.75, 3.05) is 19.7 Å².